The highest BCUT2D eigenvalue weighted by molar-refractivity contribution is 6.02. The molecule has 0 spiro atoms. The normalized spacial score (nSPS) is 11.3. The molecular weight excluding hydrogens is 360 g/mol. The molecule has 2 N–H and O–H groups in total. The molecule has 0 bridgehead atoms. The van der Waals surface area contributed by atoms with Crippen LogP contribution in [-0.4, -0.2) is 37.4 Å². The van der Waals surface area contributed by atoms with E-state index in [0.717, 1.165) is 5.56 Å². The summed E-state index contributed by atoms with van der Waals surface area (Å²) in [4.78, 5) is 23.9. The number of hydrazone groups is 1. The summed E-state index contributed by atoms with van der Waals surface area (Å²) in [5, 5.41) is 13.4. The molecule has 28 heavy (non-hydrogen) atoms. The van der Waals surface area contributed by atoms with Gasteiger partial charge in [0.05, 0.1) is 20.4 Å². The molecule has 2 aromatic carbocycles. The Kier molecular flexibility index (Phi) is 6.41. The van der Waals surface area contributed by atoms with E-state index in [1.54, 1.807) is 18.2 Å². The lowest BCUT2D eigenvalue weighted by molar-refractivity contribution is 0.0692. The smallest absolute Gasteiger partial charge is 0.340 e. The fraction of sp³-hybridized carbons (Fsp3) is 0.286. The summed E-state index contributed by atoms with van der Waals surface area (Å²) in [6.07, 6.45) is 1.26. The summed E-state index contributed by atoms with van der Waals surface area (Å²) in [6.45, 7) is 6.28. The van der Waals surface area contributed by atoms with Crippen molar-refractivity contribution in [3.63, 3.8) is 0 Å². The summed E-state index contributed by atoms with van der Waals surface area (Å²) in [7, 11) is 2.77. The molecule has 0 heterocycles. The van der Waals surface area contributed by atoms with Crippen LogP contribution in [0, 0.1) is 0 Å². The Morgan fingerprint density at radius 3 is 2.18 bits per heavy atom. The van der Waals surface area contributed by atoms with E-state index in [2.05, 4.69) is 31.3 Å². The van der Waals surface area contributed by atoms with Crippen molar-refractivity contribution >= 4 is 18.1 Å². The zero-order valence-corrected chi connectivity index (χ0v) is 16.6. The van der Waals surface area contributed by atoms with Gasteiger partial charge in [0.25, 0.3) is 5.91 Å². The lowest BCUT2D eigenvalue weighted by Crippen LogP contribution is -2.18. The van der Waals surface area contributed by atoms with E-state index < -0.39 is 11.9 Å². The maximum Gasteiger partial charge on any atom is 0.340 e. The standard InChI is InChI=1S/C21H24N2O5/c1-21(2,3)15-9-6-13(7-10-15)19(24)23-22-12-14-8-11-16(27-4)18(28-5)17(14)20(25)26/h6-12H,1-5H3,(H,23,24)(H,25,26)/b22-12-. The van der Waals surface area contributed by atoms with Gasteiger partial charge >= 0.3 is 5.97 Å². The number of hydrogen-bond acceptors (Lipinski definition) is 5. The molecule has 0 atom stereocenters. The predicted octanol–water partition coefficient (Wildman–Crippen LogP) is 3.46. The zero-order chi connectivity index (χ0) is 20.9. The molecule has 0 radical (unpaired) electrons. The van der Waals surface area contributed by atoms with Crippen molar-refractivity contribution in [3.05, 3.63) is 58.7 Å². The molecule has 148 valence electrons. The number of hydrogen-bond donors (Lipinski definition) is 2. The lowest BCUT2D eigenvalue weighted by atomic mass is 9.87. The molecule has 2 aromatic rings. The zero-order valence-electron chi connectivity index (χ0n) is 16.6. The van der Waals surface area contributed by atoms with Crippen molar-refractivity contribution in [1.82, 2.24) is 5.43 Å². The minimum absolute atomic E-state index is 0.00614. The average molecular weight is 384 g/mol. The SMILES string of the molecule is COc1ccc(/C=N\NC(=O)c2ccc(C(C)(C)C)cc2)c(C(=O)O)c1OC. The first-order valence-electron chi connectivity index (χ1n) is 8.61. The maximum atomic E-state index is 12.3. The van der Waals surface area contributed by atoms with Gasteiger partial charge in [0.15, 0.2) is 11.5 Å². The Morgan fingerprint density at radius 1 is 1.04 bits per heavy atom. The van der Waals surface area contributed by atoms with Gasteiger partial charge in [0.1, 0.15) is 5.56 Å². The van der Waals surface area contributed by atoms with Gasteiger partial charge in [0.2, 0.25) is 0 Å². The Morgan fingerprint density at radius 2 is 1.68 bits per heavy atom. The second-order valence-corrected chi connectivity index (χ2v) is 7.10. The van der Waals surface area contributed by atoms with E-state index in [0.29, 0.717) is 11.3 Å². The summed E-state index contributed by atoms with van der Waals surface area (Å²) < 4.78 is 10.3. The van der Waals surface area contributed by atoms with E-state index in [9.17, 15) is 14.7 Å². The maximum absolute atomic E-state index is 12.3. The van der Waals surface area contributed by atoms with Gasteiger partial charge in [-0.05, 0) is 35.2 Å². The van der Waals surface area contributed by atoms with Crippen molar-refractivity contribution in [2.45, 2.75) is 26.2 Å². The molecule has 7 nitrogen and oxygen atoms in total. The van der Waals surface area contributed by atoms with Crippen LogP contribution in [0.2, 0.25) is 0 Å². The summed E-state index contributed by atoms with van der Waals surface area (Å²) >= 11 is 0. The molecule has 0 aliphatic rings. The van der Waals surface area contributed by atoms with Crippen LogP contribution in [0.3, 0.4) is 0 Å². The Hall–Kier alpha value is -3.35. The number of carboxylic acid groups (broad SMARTS) is 1. The number of rotatable bonds is 6. The van der Waals surface area contributed by atoms with Crippen molar-refractivity contribution in [2.75, 3.05) is 14.2 Å². The highest BCUT2D eigenvalue weighted by atomic mass is 16.5. The van der Waals surface area contributed by atoms with Crippen LogP contribution in [-0.2, 0) is 5.41 Å². The second kappa shape index (κ2) is 8.56. The van der Waals surface area contributed by atoms with Gasteiger partial charge in [-0.3, -0.25) is 4.79 Å². The number of carbonyl (C=O) groups is 2. The molecule has 0 fully saturated rings. The number of amides is 1. The van der Waals surface area contributed by atoms with E-state index >= 15 is 0 Å². The van der Waals surface area contributed by atoms with Crippen LogP contribution < -0.4 is 14.9 Å². The molecule has 1 amide bonds. The number of nitrogens with zero attached hydrogens (tertiary/aromatic N) is 1. The first-order valence-corrected chi connectivity index (χ1v) is 8.61. The number of carbonyl (C=O) groups excluding carboxylic acids is 1. The van der Waals surface area contributed by atoms with Crippen LogP contribution in [0.15, 0.2) is 41.5 Å². The molecule has 0 saturated carbocycles. The number of ether oxygens (including phenoxy) is 2. The van der Waals surface area contributed by atoms with E-state index in [-0.39, 0.29) is 22.3 Å². The third-order valence-electron chi connectivity index (χ3n) is 4.17. The van der Waals surface area contributed by atoms with Gasteiger partial charge in [-0.25, -0.2) is 10.2 Å². The molecule has 0 aliphatic carbocycles. The molecule has 7 heteroatoms. The first-order chi connectivity index (χ1) is 13.2. The van der Waals surface area contributed by atoms with Gasteiger partial charge in [-0.1, -0.05) is 32.9 Å². The van der Waals surface area contributed by atoms with Crippen LogP contribution in [0.1, 0.15) is 52.6 Å². The summed E-state index contributed by atoms with van der Waals surface area (Å²) in [5.41, 5.74) is 4.14. The Bertz CT molecular complexity index is 896. The van der Waals surface area contributed by atoms with Gasteiger partial charge in [0, 0.05) is 11.1 Å². The van der Waals surface area contributed by atoms with Crippen LogP contribution in [0.25, 0.3) is 0 Å². The summed E-state index contributed by atoms with van der Waals surface area (Å²) in [6, 6.07) is 10.3. The quantitative estimate of drug-likeness (QED) is 0.587. The fourth-order valence-corrected chi connectivity index (χ4v) is 2.62. The highest BCUT2D eigenvalue weighted by Gasteiger charge is 2.20. The predicted molar refractivity (Wildman–Crippen MR) is 107 cm³/mol. The topological polar surface area (TPSA) is 97.2 Å². The van der Waals surface area contributed by atoms with Crippen molar-refractivity contribution in [2.24, 2.45) is 5.10 Å². The van der Waals surface area contributed by atoms with Crippen molar-refractivity contribution in [3.8, 4) is 11.5 Å². The van der Waals surface area contributed by atoms with E-state index in [1.165, 1.54) is 26.5 Å². The minimum Gasteiger partial charge on any atom is -0.493 e. The van der Waals surface area contributed by atoms with E-state index in [1.807, 2.05) is 12.1 Å². The number of aromatic carboxylic acids is 1. The number of methoxy groups -OCH3 is 2. The minimum atomic E-state index is -1.19. The fourth-order valence-electron chi connectivity index (χ4n) is 2.62. The Balaban J connectivity index is 2.20. The van der Waals surface area contributed by atoms with Gasteiger partial charge in [-0.2, -0.15) is 5.10 Å². The number of benzene rings is 2. The average Bonchev–Trinajstić information content (AvgIpc) is 2.66. The molecule has 2 rings (SSSR count). The number of carboxylic acids is 1. The molecule has 0 aliphatic heterocycles. The first kappa shape index (κ1) is 21.0. The van der Waals surface area contributed by atoms with Crippen LogP contribution in [0.4, 0.5) is 0 Å². The second-order valence-electron chi connectivity index (χ2n) is 7.10. The Labute approximate surface area is 164 Å². The highest BCUT2D eigenvalue weighted by Crippen LogP contribution is 2.32. The van der Waals surface area contributed by atoms with Gasteiger partial charge in [-0.15, -0.1) is 0 Å². The molecule has 0 saturated heterocycles. The van der Waals surface area contributed by atoms with Crippen molar-refractivity contribution < 1.29 is 24.2 Å². The van der Waals surface area contributed by atoms with Crippen LogP contribution in [0.5, 0.6) is 11.5 Å². The molecule has 0 aromatic heterocycles. The monoisotopic (exact) mass is 384 g/mol. The van der Waals surface area contributed by atoms with Gasteiger partial charge < -0.3 is 14.6 Å². The van der Waals surface area contributed by atoms with Crippen molar-refractivity contribution in [1.29, 1.82) is 0 Å². The largest absolute Gasteiger partial charge is 0.493 e. The van der Waals surface area contributed by atoms with E-state index in [4.69, 9.17) is 9.47 Å². The number of nitrogens with one attached hydrogen (secondary N) is 1. The van der Waals surface area contributed by atoms with Crippen LogP contribution >= 0.6 is 0 Å². The third kappa shape index (κ3) is 4.68. The lowest BCUT2D eigenvalue weighted by Gasteiger charge is -2.18. The molecular formula is C21H24N2O5. The molecule has 0 unspecified atom stereocenters. The summed E-state index contributed by atoms with van der Waals surface area (Å²) in [5.74, 6) is -1.21. The third-order valence-corrected chi connectivity index (χ3v) is 4.17.